The van der Waals surface area contributed by atoms with E-state index < -0.39 is 0 Å². The van der Waals surface area contributed by atoms with Crippen molar-refractivity contribution in [3.05, 3.63) is 30.2 Å². The number of hydrogen-bond acceptors (Lipinski definition) is 4. The zero-order valence-corrected chi connectivity index (χ0v) is 15.2. The zero-order chi connectivity index (χ0) is 16.7. The van der Waals surface area contributed by atoms with Gasteiger partial charge in [-0.2, -0.15) is 11.8 Å². The molecule has 0 saturated heterocycles. The van der Waals surface area contributed by atoms with Crippen molar-refractivity contribution in [1.29, 1.82) is 0 Å². The van der Waals surface area contributed by atoms with Gasteiger partial charge in [-0.25, -0.2) is 0 Å². The highest BCUT2D eigenvalue weighted by molar-refractivity contribution is 7.99. The molecule has 0 aliphatic rings. The van der Waals surface area contributed by atoms with Crippen LogP contribution in [0.2, 0.25) is 0 Å². The maximum absolute atomic E-state index is 4.26. The first-order valence-electron chi connectivity index (χ1n) is 7.84. The van der Waals surface area contributed by atoms with Gasteiger partial charge < -0.3 is 10.6 Å². The fraction of sp³-hybridized carbons (Fsp3) is 0.562. The van der Waals surface area contributed by atoms with Gasteiger partial charge in [-0.15, -0.1) is 10.2 Å². The van der Waals surface area contributed by atoms with Gasteiger partial charge in [-0.05, 0) is 38.7 Å². The number of nitrogens with one attached hydrogen (secondary N) is 2. The lowest BCUT2D eigenvalue weighted by molar-refractivity contribution is 0.656. The highest BCUT2D eigenvalue weighted by Crippen LogP contribution is 2.19. The number of nitrogens with zero attached hydrogens (tertiary/aromatic N) is 4. The van der Waals surface area contributed by atoms with Crippen LogP contribution in [-0.4, -0.2) is 51.7 Å². The van der Waals surface area contributed by atoms with E-state index in [4.69, 9.17) is 0 Å². The third-order valence-electron chi connectivity index (χ3n) is 3.71. The number of aliphatic imine (C=N–C) groups is 1. The van der Waals surface area contributed by atoms with E-state index in [9.17, 15) is 0 Å². The zero-order valence-electron chi connectivity index (χ0n) is 14.3. The van der Waals surface area contributed by atoms with Crippen molar-refractivity contribution < 1.29 is 0 Å². The fourth-order valence-electron chi connectivity index (χ4n) is 2.10. The van der Waals surface area contributed by atoms with Crippen molar-refractivity contribution in [3.8, 4) is 0 Å². The summed E-state index contributed by atoms with van der Waals surface area (Å²) in [4.78, 5) is 4.26. The van der Waals surface area contributed by atoms with E-state index in [1.165, 1.54) is 0 Å². The van der Waals surface area contributed by atoms with E-state index in [2.05, 4.69) is 45.9 Å². The lowest BCUT2D eigenvalue weighted by Crippen LogP contribution is -2.43. The van der Waals surface area contributed by atoms with Crippen molar-refractivity contribution in [2.24, 2.45) is 4.99 Å². The molecule has 0 atom stereocenters. The van der Waals surface area contributed by atoms with Crippen molar-refractivity contribution >= 4 is 23.4 Å². The summed E-state index contributed by atoms with van der Waals surface area (Å²) in [7, 11) is 1.80. The molecule has 0 radical (unpaired) electrons. The number of pyridine rings is 1. The second kappa shape index (κ2) is 8.19. The van der Waals surface area contributed by atoms with Crippen LogP contribution >= 0.6 is 11.8 Å². The van der Waals surface area contributed by atoms with Crippen molar-refractivity contribution in [3.63, 3.8) is 0 Å². The molecule has 23 heavy (non-hydrogen) atoms. The molecule has 0 amide bonds. The second-order valence-corrected chi connectivity index (χ2v) is 7.48. The van der Waals surface area contributed by atoms with Crippen LogP contribution in [0.15, 0.2) is 29.4 Å². The Bertz CT molecular complexity index is 649. The van der Waals surface area contributed by atoms with E-state index in [-0.39, 0.29) is 4.75 Å². The Morgan fingerprint density at radius 1 is 1.30 bits per heavy atom. The first-order chi connectivity index (χ1) is 11.1. The average molecular weight is 334 g/mol. The molecule has 0 spiro atoms. The number of rotatable bonds is 7. The van der Waals surface area contributed by atoms with Gasteiger partial charge in [0.2, 0.25) is 0 Å². The normalized spacial score (nSPS) is 12.6. The molecule has 2 aromatic heterocycles. The predicted molar refractivity (Wildman–Crippen MR) is 98.3 cm³/mol. The molecular formula is C16H26N6S. The van der Waals surface area contributed by atoms with Gasteiger partial charge in [-0.3, -0.25) is 9.39 Å². The summed E-state index contributed by atoms with van der Waals surface area (Å²) in [6.45, 7) is 6.16. The van der Waals surface area contributed by atoms with Crippen molar-refractivity contribution in [1.82, 2.24) is 25.2 Å². The van der Waals surface area contributed by atoms with Crippen LogP contribution in [0.5, 0.6) is 0 Å². The van der Waals surface area contributed by atoms with E-state index in [1.54, 1.807) is 7.05 Å². The molecule has 0 saturated carbocycles. The Hall–Kier alpha value is -1.76. The van der Waals surface area contributed by atoms with E-state index >= 15 is 0 Å². The number of thioether (sulfide) groups is 1. The molecule has 2 N–H and O–H groups in total. The number of fused-ring (bicyclic) bond motifs is 1. The van der Waals surface area contributed by atoms with Crippen molar-refractivity contribution in [2.45, 2.75) is 31.4 Å². The molecule has 0 fully saturated rings. The molecule has 6 nitrogen and oxygen atoms in total. The van der Waals surface area contributed by atoms with Gasteiger partial charge in [-0.1, -0.05) is 6.07 Å². The molecule has 0 aromatic carbocycles. The highest BCUT2D eigenvalue weighted by atomic mass is 32.2. The van der Waals surface area contributed by atoms with E-state index in [1.807, 2.05) is 40.6 Å². The minimum absolute atomic E-state index is 0.193. The quantitative estimate of drug-likeness (QED) is 0.460. The first-order valence-corrected chi connectivity index (χ1v) is 9.06. The Morgan fingerprint density at radius 2 is 2.13 bits per heavy atom. The molecule has 2 heterocycles. The van der Waals surface area contributed by atoms with Crippen LogP contribution in [-0.2, 0) is 6.42 Å². The van der Waals surface area contributed by atoms with Crippen LogP contribution in [0, 0.1) is 0 Å². The summed E-state index contributed by atoms with van der Waals surface area (Å²) < 4.78 is 2.23. The van der Waals surface area contributed by atoms with Crippen LogP contribution in [0.25, 0.3) is 5.65 Å². The standard InChI is InChI=1S/C16H26N6S/c1-16(2,23-4)12-19-15(17-3)18-10-7-9-14-21-20-13-8-5-6-11-22(13)14/h5-6,8,11H,7,9-10,12H2,1-4H3,(H2,17,18,19). The molecular weight excluding hydrogens is 308 g/mol. The van der Waals surface area contributed by atoms with Gasteiger partial charge in [0.05, 0.1) is 0 Å². The van der Waals surface area contributed by atoms with Crippen LogP contribution in [0.1, 0.15) is 26.1 Å². The highest BCUT2D eigenvalue weighted by Gasteiger charge is 2.15. The topological polar surface area (TPSA) is 66.6 Å². The summed E-state index contributed by atoms with van der Waals surface area (Å²) in [5.74, 6) is 1.84. The number of aromatic nitrogens is 3. The SMILES string of the molecule is CN=C(NCCCc1nnc2ccccn12)NCC(C)(C)SC. The Kier molecular flexibility index (Phi) is 6.27. The molecule has 7 heteroatoms. The number of aryl methyl sites for hydroxylation is 1. The monoisotopic (exact) mass is 334 g/mol. The van der Waals surface area contributed by atoms with Gasteiger partial charge in [0.1, 0.15) is 5.82 Å². The Balaban J connectivity index is 1.76. The second-order valence-electron chi connectivity index (χ2n) is 5.96. The maximum Gasteiger partial charge on any atom is 0.191 e. The van der Waals surface area contributed by atoms with Gasteiger partial charge in [0.25, 0.3) is 0 Å². The molecule has 126 valence electrons. The lowest BCUT2D eigenvalue weighted by atomic mass is 10.2. The van der Waals surface area contributed by atoms with Gasteiger partial charge >= 0.3 is 0 Å². The van der Waals surface area contributed by atoms with Crippen LogP contribution in [0.4, 0.5) is 0 Å². The smallest absolute Gasteiger partial charge is 0.191 e. The number of hydrogen-bond donors (Lipinski definition) is 2. The summed E-state index contributed by atoms with van der Waals surface area (Å²) in [6.07, 6.45) is 5.98. The predicted octanol–water partition coefficient (Wildman–Crippen LogP) is 1.97. The van der Waals surface area contributed by atoms with Crippen LogP contribution in [0.3, 0.4) is 0 Å². The summed E-state index contributed by atoms with van der Waals surface area (Å²) in [5.41, 5.74) is 0.896. The van der Waals surface area contributed by atoms with E-state index in [0.29, 0.717) is 0 Å². The summed E-state index contributed by atoms with van der Waals surface area (Å²) in [6, 6.07) is 5.94. The molecule has 2 aromatic rings. The average Bonchev–Trinajstić information content (AvgIpc) is 2.97. The molecule has 0 unspecified atom stereocenters. The third-order valence-corrected chi connectivity index (χ3v) is 4.96. The first kappa shape index (κ1) is 17.6. The molecule has 0 aliphatic carbocycles. The Labute approximate surface area is 142 Å². The third kappa shape index (κ3) is 5.13. The lowest BCUT2D eigenvalue weighted by Gasteiger charge is -2.23. The van der Waals surface area contributed by atoms with Crippen molar-refractivity contribution in [2.75, 3.05) is 26.4 Å². The Morgan fingerprint density at radius 3 is 2.87 bits per heavy atom. The van der Waals surface area contributed by atoms with Gasteiger partial charge in [0.15, 0.2) is 11.6 Å². The molecule has 0 aliphatic heterocycles. The molecule has 0 bridgehead atoms. The van der Waals surface area contributed by atoms with Crippen LogP contribution < -0.4 is 10.6 Å². The largest absolute Gasteiger partial charge is 0.356 e. The molecule has 2 rings (SSSR count). The fourth-order valence-corrected chi connectivity index (χ4v) is 2.32. The minimum Gasteiger partial charge on any atom is -0.356 e. The summed E-state index contributed by atoms with van der Waals surface area (Å²) >= 11 is 1.84. The maximum atomic E-state index is 4.26. The van der Waals surface area contributed by atoms with Gasteiger partial charge in [0, 0.05) is 37.5 Å². The number of guanidine groups is 1. The van der Waals surface area contributed by atoms with E-state index in [0.717, 1.165) is 43.4 Å². The summed E-state index contributed by atoms with van der Waals surface area (Å²) in [5, 5.41) is 15.1. The minimum atomic E-state index is 0.193.